The van der Waals surface area contributed by atoms with Crippen LogP contribution in [0.4, 0.5) is 10.5 Å². The number of carbonyl (C=O) groups is 1. The number of ether oxygens (including phenoxy) is 1. The zero-order valence-corrected chi connectivity index (χ0v) is 20.5. The van der Waals surface area contributed by atoms with Gasteiger partial charge in [0.15, 0.2) is 0 Å². The molecule has 0 fully saturated rings. The van der Waals surface area contributed by atoms with Crippen LogP contribution in [-0.4, -0.2) is 34.1 Å². The van der Waals surface area contributed by atoms with Gasteiger partial charge >= 0.3 is 6.03 Å². The summed E-state index contributed by atoms with van der Waals surface area (Å²) < 4.78 is 6.85. The number of nitrogens with one attached hydrogen (secondary N) is 1. The Bertz CT molecular complexity index is 1400. The number of nitrogens with zero attached hydrogens (tertiary/aromatic N) is 3. The Hall–Kier alpha value is -4.13. The van der Waals surface area contributed by atoms with Crippen molar-refractivity contribution < 1.29 is 9.53 Å². The molecule has 3 aromatic carbocycles. The quantitative estimate of drug-likeness (QED) is 0.375. The molecule has 0 aliphatic carbocycles. The van der Waals surface area contributed by atoms with E-state index in [1.807, 2.05) is 63.2 Å². The molecule has 0 saturated heterocycles. The molecule has 1 N–H and O–H groups in total. The normalized spacial score (nSPS) is 11.8. The van der Waals surface area contributed by atoms with E-state index in [2.05, 4.69) is 5.32 Å². The minimum atomic E-state index is -0.420. The largest absolute Gasteiger partial charge is 0.497 e. The predicted molar refractivity (Wildman–Crippen MR) is 140 cm³/mol. The summed E-state index contributed by atoms with van der Waals surface area (Å²) in [6.07, 6.45) is 0.584. The summed E-state index contributed by atoms with van der Waals surface area (Å²) in [6.45, 7) is 6.35. The highest BCUT2D eigenvalue weighted by molar-refractivity contribution is 5.89. The van der Waals surface area contributed by atoms with Crippen LogP contribution in [0.25, 0.3) is 16.6 Å². The topological polar surface area (TPSA) is 76.5 Å². The second kappa shape index (κ2) is 10.4. The van der Waals surface area contributed by atoms with Gasteiger partial charge in [-0.3, -0.25) is 9.36 Å². The molecule has 1 atom stereocenters. The Morgan fingerprint density at radius 1 is 1.06 bits per heavy atom. The fourth-order valence-corrected chi connectivity index (χ4v) is 4.31. The van der Waals surface area contributed by atoms with Crippen molar-refractivity contribution in [3.8, 4) is 11.4 Å². The van der Waals surface area contributed by atoms with Crippen molar-refractivity contribution in [1.82, 2.24) is 14.5 Å². The molecular weight excluding hydrogens is 440 g/mol. The van der Waals surface area contributed by atoms with Crippen LogP contribution >= 0.6 is 0 Å². The molecule has 4 rings (SSSR count). The summed E-state index contributed by atoms with van der Waals surface area (Å²) in [5.74, 6) is 1.25. The highest BCUT2D eigenvalue weighted by Gasteiger charge is 2.28. The third-order valence-electron chi connectivity index (χ3n) is 6.07. The number of rotatable bonds is 7. The molecule has 0 aliphatic heterocycles. The van der Waals surface area contributed by atoms with E-state index >= 15 is 0 Å². The molecule has 0 saturated carbocycles. The van der Waals surface area contributed by atoms with Crippen LogP contribution in [0.3, 0.4) is 0 Å². The summed E-state index contributed by atoms with van der Waals surface area (Å²) in [6, 6.07) is 21.6. The van der Waals surface area contributed by atoms with Gasteiger partial charge in [-0.05, 0) is 74.4 Å². The second-order valence-electron chi connectivity index (χ2n) is 8.34. The summed E-state index contributed by atoms with van der Waals surface area (Å²) >= 11 is 0. The lowest BCUT2D eigenvalue weighted by atomic mass is 10.1. The lowest BCUT2D eigenvalue weighted by Crippen LogP contribution is -2.40. The number of hydrogen-bond acceptors (Lipinski definition) is 4. The highest BCUT2D eigenvalue weighted by atomic mass is 16.5. The molecule has 7 nitrogen and oxygen atoms in total. The van der Waals surface area contributed by atoms with E-state index in [1.54, 1.807) is 46.9 Å². The first-order valence-corrected chi connectivity index (χ1v) is 11.8. The van der Waals surface area contributed by atoms with Gasteiger partial charge in [0.25, 0.3) is 5.56 Å². The van der Waals surface area contributed by atoms with Crippen LogP contribution in [0, 0.1) is 6.92 Å². The van der Waals surface area contributed by atoms with Crippen LogP contribution < -0.4 is 15.6 Å². The number of hydrogen-bond donors (Lipinski definition) is 1. The molecule has 1 aromatic heterocycles. The van der Waals surface area contributed by atoms with E-state index < -0.39 is 6.04 Å². The molecule has 4 aromatic rings. The lowest BCUT2D eigenvalue weighted by molar-refractivity contribution is 0.185. The van der Waals surface area contributed by atoms with Crippen LogP contribution in [0.2, 0.25) is 0 Å². The molecule has 0 bridgehead atoms. The fraction of sp³-hybridized carbons (Fsp3) is 0.250. The van der Waals surface area contributed by atoms with Crippen molar-refractivity contribution in [3.63, 3.8) is 0 Å². The van der Waals surface area contributed by atoms with Gasteiger partial charge < -0.3 is 15.0 Å². The van der Waals surface area contributed by atoms with Crippen molar-refractivity contribution in [2.45, 2.75) is 33.2 Å². The van der Waals surface area contributed by atoms with Gasteiger partial charge in [0.1, 0.15) is 11.6 Å². The second-order valence-corrected chi connectivity index (χ2v) is 8.34. The van der Waals surface area contributed by atoms with Crippen LogP contribution in [0.5, 0.6) is 5.75 Å². The highest BCUT2D eigenvalue weighted by Crippen LogP contribution is 2.27. The lowest BCUT2D eigenvalue weighted by Gasteiger charge is -2.31. The standard InChI is InChI=1S/C28H30N4O3/c1-5-25(31(6-2)28(34)29-20-14-16-22(35-4)17-15-20)26-30-24-13-8-7-12-23(24)27(33)32(26)21-11-9-10-19(3)18-21/h7-18,25H,5-6H2,1-4H3,(H,29,34). The van der Waals surface area contributed by atoms with Gasteiger partial charge in [0.2, 0.25) is 0 Å². The molecular formula is C28H30N4O3. The number of para-hydroxylation sites is 1. The number of amides is 2. The average molecular weight is 471 g/mol. The Kier molecular flexibility index (Phi) is 7.15. The number of urea groups is 1. The average Bonchev–Trinajstić information content (AvgIpc) is 2.87. The third-order valence-corrected chi connectivity index (χ3v) is 6.07. The van der Waals surface area contributed by atoms with Crippen molar-refractivity contribution in [3.05, 3.63) is 94.5 Å². The number of aromatic nitrogens is 2. The minimum Gasteiger partial charge on any atom is -0.497 e. The number of benzene rings is 3. The van der Waals surface area contributed by atoms with E-state index in [1.165, 1.54) is 0 Å². The molecule has 35 heavy (non-hydrogen) atoms. The van der Waals surface area contributed by atoms with Crippen LogP contribution in [-0.2, 0) is 0 Å². The Morgan fingerprint density at radius 3 is 2.46 bits per heavy atom. The molecule has 7 heteroatoms. The van der Waals surface area contributed by atoms with Crippen LogP contribution in [0.15, 0.2) is 77.6 Å². The smallest absolute Gasteiger partial charge is 0.322 e. The van der Waals surface area contributed by atoms with E-state index in [-0.39, 0.29) is 11.6 Å². The van der Waals surface area contributed by atoms with Crippen molar-refractivity contribution >= 4 is 22.6 Å². The third kappa shape index (κ3) is 4.89. The molecule has 0 spiro atoms. The molecule has 0 aliphatic rings. The van der Waals surface area contributed by atoms with E-state index in [4.69, 9.17) is 9.72 Å². The maximum atomic E-state index is 13.7. The molecule has 1 unspecified atom stereocenters. The van der Waals surface area contributed by atoms with E-state index in [0.29, 0.717) is 41.1 Å². The minimum absolute atomic E-state index is 0.152. The Balaban J connectivity index is 1.81. The predicted octanol–water partition coefficient (Wildman–Crippen LogP) is 5.71. The Labute approximate surface area is 205 Å². The first-order valence-electron chi connectivity index (χ1n) is 11.8. The van der Waals surface area contributed by atoms with Crippen molar-refractivity contribution in [1.29, 1.82) is 0 Å². The molecule has 1 heterocycles. The maximum absolute atomic E-state index is 13.7. The van der Waals surface area contributed by atoms with Gasteiger partial charge in [-0.15, -0.1) is 0 Å². The molecule has 180 valence electrons. The SMILES string of the molecule is CCC(c1nc2ccccc2c(=O)n1-c1cccc(C)c1)N(CC)C(=O)Nc1ccc(OC)cc1. The van der Waals surface area contributed by atoms with Gasteiger partial charge in [0, 0.05) is 12.2 Å². The summed E-state index contributed by atoms with van der Waals surface area (Å²) in [5.41, 5.74) is 2.88. The van der Waals surface area contributed by atoms with Gasteiger partial charge in [0.05, 0.1) is 29.7 Å². The number of anilines is 1. The maximum Gasteiger partial charge on any atom is 0.322 e. The molecule has 2 amide bonds. The van der Waals surface area contributed by atoms with Gasteiger partial charge in [-0.1, -0.05) is 31.2 Å². The van der Waals surface area contributed by atoms with E-state index in [9.17, 15) is 9.59 Å². The Morgan fingerprint density at radius 2 is 1.80 bits per heavy atom. The zero-order chi connectivity index (χ0) is 24.9. The molecule has 0 radical (unpaired) electrons. The summed E-state index contributed by atoms with van der Waals surface area (Å²) in [7, 11) is 1.60. The summed E-state index contributed by atoms with van der Waals surface area (Å²) in [4.78, 5) is 33.7. The monoisotopic (exact) mass is 470 g/mol. The first kappa shape index (κ1) is 24.0. The number of fused-ring (bicyclic) bond motifs is 1. The first-order chi connectivity index (χ1) is 17.0. The van der Waals surface area contributed by atoms with Gasteiger partial charge in [-0.25, -0.2) is 9.78 Å². The number of aryl methyl sites for hydroxylation is 1. The zero-order valence-electron chi connectivity index (χ0n) is 20.5. The van der Waals surface area contributed by atoms with Crippen LogP contribution in [0.1, 0.15) is 37.7 Å². The van der Waals surface area contributed by atoms with Crippen molar-refractivity contribution in [2.75, 3.05) is 19.0 Å². The van der Waals surface area contributed by atoms with Gasteiger partial charge in [-0.2, -0.15) is 0 Å². The fourth-order valence-electron chi connectivity index (χ4n) is 4.31. The number of carbonyl (C=O) groups excluding carboxylic acids is 1. The van der Waals surface area contributed by atoms with Crippen molar-refractivity contribution in [2.24, 2.45) is 0 Å². The summed E-state index contributed by atoms with van der Waals surface area (Å²) in [5, 5.41) is 3.51. The number of methoxy groups -OCH3 is 1. The van der Waals surface area contributed by atoms with E-state index in [0.717, 1.165) is 11.3 Å².